The van der Waals surface area contributed by atoms with Crippen molar-refractivity contribution in [3.8, 4) is 0 Å². The predicted octanol–water partition coefficient (Wildman–Crippen LogP) is 2.52. The predicted molar refractivity (Wildman–Crippen MR) is 84.4 cm³/mol. The van der Waals surface area contributed by atoms with Crippen LogP contribution in [0.2, 0.25) is 0 Å². The lowest BCUT2D eigenvalue weighted by Gasteiger charge is -2.28. The van der Waals surface area contributed by atoms with Gasteiger partial charge < -0.3 is 10.1 Å². The molecule has 0 radical (unpaired) electrons. The van der Waals surface area contributed by atoms with Gasteiger partial charge in [-0.15, -0.1) is 0 Å². The summed E-state index contributed by atoms with van der Waals surface area (Å²) in [6.07, 6.45) is 2.60. The second kappa shape index (κ2) is 7.59. The average molecular weight is 295 g/mol. The Balaban J connectivity index is 2.65. The first-order valence-electron chi connectivity index (χ1n) is 7.69. The summed E-state index contributed by atoms with van der Waals surface area (Å²) in [7, 11) is 1.44. The van der Waals surface area contributed by atoms with E-state index >= 15 is 0 Å². The molecule has 1 heterocycles. The van der Waals surface area contributed by atoms with Gasteiger partial charge in [-0.05, 0) is 59.1 Å². The molecule has 0 aromatic carbocycles. The van der Waals surface area contributed by atoms with E-state index in [1.807, 2.05) is 18.5 Å². The third-order valence-electron chi connectivity index (χ3n) is 4.19. The average Bonchev–Trinajstić information content (AvgIpc) is 2.71. The molecule has 1 atom stereocenters. The summed E-state index contributed by atoms with van der Waals surface area (Å²) in [5.41, 5.74) is 2.91. The summed E-state index contributed by atoms with van der Waals surface area (Å²) < 4.78 is 6.97. The van der Waals surface area contributed by atoms with E-state index in [1.165, 1.54) is 18.4 Å². The fourth-order valence-corrected chi connectivity index (χ4v) is 2.48. The minimum atomic E-state index is -0.615. The zero-order chi connectivity index (χ0) is 16.0. The molecule has 5 heteroatoms. The van der Waals surface area contributed by atoms with Gasteiger partial charge in [-0.1, -0.05) is 6.92 Å². The third kappa shape index (κ3) is 4.30. The fraction of sp³-hybridized carbons (Fsp3) is 0.750. The van der Waals surface area contributed by atoms with E-state index in [4.69, 9.17) is 4.74 Å². The second-order valence-corrected chi connectivity index (χ2v) is 5.87. The zero-order valence-corrected chi connectivity index (χ0v) is 14.2. The topological polar surface area (TPSA) is 56.2 Å². The number of esters is 1. The number of rotatable bonds is 8. The molecule has 0 spiro atoms. The minimum absolute atomic E-state index is 0.194. The summed E-state index contributed by atoms with van der Waals surface area (Å²) in [5.74, 6) is -0.194. The number of carbonyl (C=O) groups is 1. The van der Waals surface area contributed by atoms with Gasteiger partial charge in [0.25, 0.3) is 0 Å². The van der Waals surface area contributed by atoms with Crippen molar-refractivity contribution in [3.63, 3.8) is 0 Å². The van der Waals surface area contributed by atoms with Gasteiger partial charge in [-0.25, -0.2) is 0 Å². The van der Waals surface area contributed by atoms with Crippen LogP contribution in [0.3, 0.4) is 0 Å². The van der Waals surface area contributed by atoms with Crippen molar-refractivity contribution in [2.24, 2.45) is 0 Å². The summed E-state index contributed by atoms with van der Waals surface area (Å²) in [6.45, 7) is 11.8. The molecule has 0 aliphatic carbocycles. The number of ether oxygens (including phenoxy) is 1. The molecule has 1 unspecified atom stereocenters. The molecule has 0 aliphatic heterocycles. The van der Waals surface area contributed by atoms with Crippen molar-refractivity contribution in [2.75, 3.05) is 13.7 Å². The van der Waals surface area contributed by atoms with Crippen LogP contribution in [0.25, 0.3) is 0 Å². The molecule has 0 fully saturated rings. The van der Waals surface area contributed by atoms with Crippen molar-refractivity contribution < 1.29 is 9.53 Å². The van der Waals surface area contributed by atoms with Crippen LogP contribution < -0.4 is 5.32 Å². The molecule has 1 rings (SSSR count). The Morgan fingerprint density at radius 1 is 1.38 bits per heavy atom. The van der Waals surface area contributed by atoms with Crippen molar-refractivity contribution in [1.82, 2.24) is 15.1 Å². The van der Waals surface area contributed by atoms with E-state index in [0.717, 1.165) is 38.0 Å². The standard InChI is InChI=1S/C16H29N3O2/c1-7-10-17-16(5,15(20)21-6)9-8-11-19-14(4)12(2)13(3)18-19/h17H,7-11H2,1-6H3. The smallest absolute Gasteiger partial charge is 0.325 e. The quantitative estimate of drug-likeness (QED) is 0.749. The molecular weight excluding hydrogens is 266 g/mol. The van der Waals surface area contributed by atoms with E-state index in [2.05, 4.69) is 31.2 Å². The molecule has 0 bridgehead atoms. The van der Waals surface area contributed by atoms with Crippen LogP contribution in [-0.2, 0) is 16.1 Å². The number of hydrogen-bond donors (Lipinski definition) is 1. The van der Waals surface area contributed by atoms with Gasteiger partial charge >= 0.3 is 5.97 Å². The molecule has 0 saturated carbocycles. The Kier molecular flexibility index (Phi) is 6.40. The highest BCUT2D eigenvalue weighted by molar-refractivity contribution is 5.80. The fourth-order valence-electron chi connectivity index (χ4n) is 2.48. The number of aryl methyl sites for hydroxylation is 2. The van der Waals surface area contributed by atoms with Crippen LogP contribution in [0, 0.1) is 20.8 Å². The molecule has 0 amide bonds. The van der Waals surface area contributed by atoms with Crippen LogP contribution in [0.1, 0.15) is 50.1 Å². The maximum Gasteiger partial charge on any atom is 0.325 e. The monoisotopic (exact) mass is 295 g/mol. The largest absolute Gasteiger partial charge is 0.468 e. The molecule has 0 aliphatic rings. The first-order valence-corrected chi connectivity index (χ1v) is 7.69. The number of hydrogen-bond acceptors (Lipinski definition) is 4. The van der Waals surface area contributed by atoms with Crippen LogP contribution in [0.4, 0.5) is 0 Å². The van der Waals surface area contributed by atoms with Crippen molar-refractivity contribution in [2.45, 2.75) is 66.0 Å². The van der Waals surface area contributed by atoms with E-state index in [9.17, 15) is 4.79 Å². The van der Waals surface area contributed by atoms with Crippen molar-refractivity contribution in [3.05, 3.63) is 17.0 Å². The molecule has 1 N–H and O–H groups in total. The van der Waals surface area contributed by atoms with Gasteiger partial charge in [0.2, 0.25) is 0 Å². The molecular formula is C16H29N3O2. The van der Waals surface area contributed by atoms with E-state index < -0.39 is 5.54 Å². The Hall–Kier alpha value is -1.36. The molecule has 5 nitrogen and oxygen atoms in total. The number of methoxy groups -OCH3 is 1. The van der Waals surface area contributed by atoms with Gasteiger partial charge in [0.15, 0.2) is 0 Å². The molecule has 1 aromatic heterocycles. The second-order valence-electron chi connectivity index (χ2n) is 5.87. The minimum Gasteiger partial charge on any atom is -0.468 e. The van der Waals surface area contributed by atoms with Gasteiger partial charge in [-0.3, -0.25) is 9.48 Å². The summed E-state index contributed by atoms with van der Waals surface area (Å²) in [6, 6.07) is 0. The van der Waals surface area contributed by atoms with E-state index in [0.29, 0.717) is 0 Å². The number of aromatic nitrogens is 2. The highest BCUT2D eigenvalue weighted by atomic mass is 16.5. The Morgan fingerprint density at radius 3 is 2.52 bits per heavy atom. The lowest BCUT2D eigenvalue weighted by Crippen LogP contribution is -2.50. The maximum atomic E-state index is 12.0. The first kappa shape index (κ1) is 17.7. The maximum absolute atomic E-state index is 12.0. The SMILES string of the molecule is CCCNC(C)(CCCn1nc(C)c(C)c1C)C(=O)OC. The summed E-state index contributed by atoms with van der Waals surface area (Å²) in [5, 5.41) is 7.85. The van der Waals surface area contributed by atoms with Crippen LogP contribution in [0.15, 0.2) is 0 Å². The molecule has 1 aromatic rings. The summed E-state index contributed by atoms with van der Waals surface area (Å²) >= 11 is 0. The number of nitrogens with one attached hydrogen (secondary N) is 1. The third-order valence-corrected chi connectivity index (χ3v) is 4.19. The zero-order valence-electron chi connectivity index (χ0n) is 14.2. The molecule has 21 heavy (non-hydrogen) atoms. The Labute approximate surface area is 128 Å². The lowest BCUT2D eigenvalue weighted by atomic mass is 9.95. The molecule has 120 valence electrons. The van der Waals surface area contributed by atoms with Gasteiger partial charge in [0, 0.05) is 12.2 Å². The van der Waals surface area contributed by atoms with Gasteiger partial charge in [0.05, 0.1) is 12.8 Å². The highest BCUT2D eigenvalue weighted by Crippen LogP contribution is 2.17. The first-order chi connectivity index (χ1) is 9.85. The lowest BCUT2D eigenvalue weighted by molar-refractivity contribution is -0.148. The van der Waals surface area contributed by atoms with Crippen LogP contribution in [-0.4, -0.2) is 34.9 Å². The van der Waals surface area contributed by atoms with Gasteiger partial charge in [-0.2, -0.15) is 5.10 Å². The Morgan fingerprint density at radius 2 is 2.05 bits per heavy atom. The molecule has 0 saturated heterocycles. The Bertz CT molecular complexity index is 482. The van der Waals surface area contributed by atoms with Gasteiger partial charge in [0.1, 0.15) is 5.54 Å². The highest BCUT2D eigenvalue weighted by Gasteiger charge is 2.32. The van der Waals surface area contributed by atoms with E-state index in [-0.39, 0.29) is 5.97 Å². The van der Waals surface area contributed by atoms with Crippen molar-refractivity contribution in [1.29, 1.82) is 0 Å². The normalized spacial score (nSPS) is 14.0. The van der Waals surface area contributed by atoms with Crippen LogP contribution in [0.5, 0.6) is 0 Å². The van der Waals surface area contributed by atoms with E-state index in [1.54, 1.807) is 0 Å². The van der Waals surface area contributed by atoms with Crippen LogP contribution >= 0.6 is 0 Å². The number of carbonyl (C=O) groups excluding carboxylic acids is 1. The summed E-state index contributed by atoms with van der Waals surface area (Å²) in [4.78, 5) is 12.0. The van der Waals surface area contributed by atoms with Crippen molar-refractivity contribution >= 4 is 5.97 Å². The number of nitrogens with zero attached hydrogens (tertiary/aromatic N) is 2.